The smallest absolute Gasteiger partial charge is 0.319 e. The molecule has 4 rings (SSSR count). The Morgan fingerprint density at radius 3 is 2.62 bits per heavy atom. The van der Waals surface area contributed by atoms with Crippen LogP contribution in [0.15, 0.2) is 84.0 Å². The number of pyridine rings is 1. The number of hydrogen-bond acceptors (Lipinski definition) is 4. The number of urea groups is 1. The van der Waals surface area contributed by atoms with Gasteiger partial charge in [-0.05, 0) is 24.3 Å². The number of anilines is 1. The minimum atomic E-state index is -0.253. The molecule has 0 radical (unpaired) electrons. The molecular formula is C22H20N3O2S2+. The molecule has 0 bridgehead atoms. The fourth-order valence-electron chi connectivity index (χ4n) is 3.02. The minimum Gasteiger partial charge on any atom is -0.329 e. The third kappa shape index (κ3) is 4.99. The second-order valence-electron chi connectivity index (χ2n) is 6.56. The molecule has 29 heavy (non-hydrogen) atoms. The number of carbonyl (C=O) groups is 2. The summed E-state index contributed by atoms with van der Waals surface area (Å²) in [5.74, 6) is 1.70. The first kappa shape index (κ1) is 19.5. The Hall–Kier alpha value is -2.77. The van der Waals surface area contributed by atoms with E-state index < -0.39 is 0 Å². The molecule has 1 saturated heterocycles. The molecule has 7 heteroatoms. The van der Waals surface area contributed by atoms with Crippen LogP contribution in [0.25, 0.3) is 0 Å². The summed E-state index contributed by atoms with van der Waals surface area (Å²) >= 11 is 0. The second-order valence-corrected chi connectivity index (χ2v) is 10.5. The van der Waals surface area contributed by atoms with Gasteiger partial charge in [-0.15, -0.1) is 0 Å². The highest BCUT2D eigenvalue weighted by atomic mass is 33.1. The van der Waals surface area contributed by atoms with Crippen LogP contribution in [0.5, 0.6) is 0 Å². The average molecular weight is 423 g/mol. The monoisotopic (exact) mass is 422 g/mol. The van der Waals surface area contributed by atoms with Gasteiger partial charge in [0, 0.05) is 23.0 Å². The van der Waals surface area contributed by atoms with Gasteiger partial charge in [0.05, 0.1) is 38.7 Å². The number of nitrogens with zero attached hydrogens (tertiary/aromatic N) is 1. The highest BCUT2D eigenvalue weighted by Crippen LogP contribution is 2.33. The SMILES string of the molecule is O=C(Nc1cccc(C(=O)c2ccccc2)c1)NC1CS[S+](c2cccnc2)C1. The fourth-order valence-corrected chi connectivity index (χ4v) is 7.57. The van der Waals surface area contributed by atoms with E-state index in [0.717, 1.165) is 11.5 Å². The number of hydrogen-bond donors (Lipinski definition) is 2. The largest absolute Gasteiger partial charge is 0.329 e. The number of rotatable bonds is 5. The molecule has 146 valence electrons. The fraction of sp³-hybridized carbons (Fsp3) is 0.136. The molecule has 1 aliphatic rings. The van der Waals surface area contributed by atoms with E-state index in [1.165, 1.54) is 4.90 Å². The van der Waals surface area contributed by atoms with E-state index in [1.54, 1.807) is 42.6 Å². The second kappa shape index (κ2) is 9.15. The highest BCUT2D eigenvalue weighted by Gasteiger charge is 2.37. The average Bonchev–Trinajstić information content (AvgIpc) is 3.23. The molecule has 2 heterocycles. The normalized spacial score (nSPS) is 18.2. The van der Waals surface area contributed by atoms with Gasteiger partial charge < -0.3 is 10.6 Å². The van der Waals surface area contributed by atoms with Crippen molar-refractivity contribution in [2.45, 2.75) is 10.9 Å². The molecule has 2 atom stereocenters. The van der Waals surface area contributed by atoms with E-state index in [9.17, 15) is 9.59 Å². The van der Waals surface area contributed by atoms with Gasteiger partial charge in [-0.25, -0.2) is 4.79 Å². The van der Waals surface area contributed by atoms with Crippen LogP contribution in [0.2, 0.25) is 0 Å². The number of amides is 2. The molecule has 2 aromatic carbocycles. The Morgan fingerprint density at radius 1 is 1.00 bits per heavy atom. The van der Waals surface area contributed by atoms with Gasteiger partial charge in [-0.3, -0.25) is 9.78 Å². The first-order valence-electron chi connectivity index (χ1n) is 9.20. The maximum atomic E-state index is 12.6. The van der Waals surface area contributed by atoms with Crippen molar-refractivity contribution in [1.82, 2.24) is 10.3 Å². The summed E-state index contributed by atoms with van der Waals surface area (Å²) < 4.78 is 0. The molecule has 1 aromatic heterocycles. The lowest BCUT2D eigenvalue weighted by molar-refractivity contribution is 0.103. The van der Waals surface area contributed by atoms with Gasteiger partial charge in [-0.2, -0.15) is 0 Å². The van der Waals surface area contributed by atoms with Crippen molar-refractivity contribution in [3.05, 3.63) is 90.3 Å². The number of benzene rings is 2. The van der Waals surface area contributed by atoms with Gasteiger partial charge >= 0.3 is 6.03 Å². The van der Waals surface area contributed by atoms with Crippen LogP contribution in [0.4, 0.5) is 10.5 Å². The summed E-state index contributed by atoms with van der Waals surface area (Å²) in [5, 5.41) is 5.89. The first-order chi connectivity index (χ1) is 14.2. The van der Waals surface area contributed by atoms with Gasteiger partial charge in [0.25, 0.3) is 0 Å². The zero-order chi connectivity index (χ0) is 20.1. The Labute approximate surface area is 176 Å². The van der Waals surface area contributed by atoms with E-state index in [0.29, 0.717) is 16.8 Å². The van der Waals surface area contributed by atoms with Crippen molar-refractivity contribution >= 4 is 38.2 Å². The summed E-state index contributed by atoms with van der Waals surface area (Å²) in [7, 11) is 1.91. The van der Waals surface area contributed by atoms with Crippen molar-refractivity contribution in [1.29, 1.82) is 0 Å². The minimum absolute atomic E-state index is 0.0523. The number of aromatic nitrogens is 1. The molecule has 2 unspecified atom stereocenters. The Kier molecular flexibility index (Phi) is 6.17. The molecule has 2 N–H and O–H groups in total. The summed E-state index contributed by atoms with van der Waals surface area (Å²) in [6.07, 6.45) is 3.67. The summed E-state index contributed by atoms with van der Waals surface area (Å²) in [4.78, 5) is 30.4. The van der Waals surface area contributed by atoms with Crippen LogP contribution in [0.3, 0.4) is 0 Å². The maximum absolute atomic E-state index is 12.6. The van der Waals surface area contributed by atoms with Crippen LogP contribution >= 0.6 is 10.8 Å². The molecule has 2 amide bonds. The van der Waals surface area contributed by atoms with Gasteiger partial charge in [0.2, 0.25) is 0 Å². The Morgan fingerprint density at radius 2 is 1.83 bits per heavy atom. The molecule has 1 aliphatic heterocycles. The van der Waals surface area contributed by atoms with Crippen molar-refractivity contribution in [2.75, 3.05) is 16.8 Å². The summed E-state index contributed by atoms with van der Waals surface area (Å²) in [5.41, 5.74) is 1.77. The molecular weight excluding hydrogens is 402 g/mol. The lowest BCUT2D eigenvalue weighted by Crippen LogP contribution is -2.40. The molecule has 0 saturated carbocycles. The van der Waals surface area contributed by atoms with Crippen molar-refractivity contribution in [3.8, 4) is 0 Å². The van der Waals surface area contributed by atoms with E-state index in [4.69, 9.17) is 0 Å². The van der Waals surface area contributed by atoms with Crippen molar-refractivity contribution in [2.24, 2.45) is 0 Å². The van der Waals surface area contributed by atoms with Crippen LogP contribution in [-0.4, -0.2) is 34.3 Å². The van der Waals surface area contributed by atoms with Crippen molar-refractivity contribution < 1.29 is 9.59 Å². The predicted molar refractivity (Wildman–Crippen MR) is 119 cm³/mol. The molecule has 0 spiro atoms. The molecule has 5 nitrogen and oxygen atoms in total. The number of nitrogens with one attached hydrogen (secondary N) is 2. The van der Waals surface area contributed by atoms with Gasteiger partial charge in [0.15, 0.2) is 10.7 Å². The van der Waals surface area contributed by atoms with Gasteiger partial charge in [0.1, 0.15) is 5.75 Å². The Balaban J connectivity index is 1.35. The van der Waals surface area contributed by atoms with Crippen LogP contribution in [0, 0.1) is 0 Å². The molecule has 3 aromatic rings. The van der Waals surface area contributed by atoms with Gasteiger partial charge in [-0.1, -0.05) is 42.5 Å². The van der Waals surface area contributed by atoms with Crippen molar-refractivity contribution in [3.63, 3.8) is 0 Å². The lowest BCUT2D eigenvalue weighted by atomic mass is 10.0. The number of ketones is 1. The van der Waals surface area contributed by atoms with Crippen LogP contribution < -0.4 is 10.6 Å². The first-order valence-corrected chi connectivity index (χ1v) is 12.1. The lowest BCUT2D eigenvalue weighted by Gasteiger charge is -2.11. The molecule has 1 fully saturated rings. The van der Waals surface area contributed by atoms with Crippen LogP contribution in [0.1, 0.15) is 15.9 Å². The third-order valence-corrected chi connectivity index (χ3v) is 8.96. The topological polar surface area (TPSA) is 71.1 Å². The predicted octanol–water partition coefficient (Wildman–Crippen LogP) is 4.14. The zero-order valence-electron chi connectivity index (χ0n) is 15.6. The third-order valence-electron chi connectivity index (χ3n) is 4.42. The highest BCUT2D eigenvalue weighted by molar-refractivity contribution is 8.74. The molecule has 0 aliphatic carbocycles. The van der Waals surface area contributed by atoms with E-state index in [2.05, 4.69) is 21.7 Å². The standard InChI is InChI=1S/C22H19N3O2S2/c26-21(16-6-2-1-3-7-16)17-8-4-9-18(12-17)24-22(27)25-19-14-28-29(15-19)20-10-5-11-23-13-20/h1-13,19H,14-15H2,(H-,24,25,27)/p+1. The zero-order valence-corrected chi connectivity index (χ0v) is 17.2. The van der Waals surface area contributed by atoms with Crippen LogP contribution in [-0.2, 0) is 9.93 Å². The number of carbonyl (C=O) groups excluding carboxylic acids is 2. The maximum Gasteiger partial charge on any atom is 0.319 e. The van der Waals surface area contributed by atoms with E-state index in [-0.39, 0.29) is 27.8 Å². The quantitative estimate of drug-likeness (QED) is 0.368. The van der Waals surface area contributed by atoms with E-state index in [1.807, 2.05) is 41.3 Å². The summed E-state index contributed by atoms with van der Waals surface area (Å²) in [6, 6.07) is 20.0. The van der Waals surface area contributed by atoms with E-state index >= 15 is 0 Å². The summed E-state index contributed by atoms with van der Waals surface area (Å²) in [6.45, 7) is 0. The Bertz CT molecular complexity index is 999.